The summed E-state index contributed by atoms with van der Waals surface area (Å²) in [5.74, 6) is -1.29. The van der Waals surface area contributed by atoms with Crippen molar-refractivity contribution in [1.82, 2.24) is 4.90 Å². The highest BCUT2D eigenvalue weighted by atomic mass is 35.5. The highest BCUT2D eigenvalue weighted by molar-refractivity contribution is 6.30. The van der Waals surface area contributed by atoms with Gasteiger partial charge < -0.3 is 15.0 Å². The number of likely N-dealkylation sites (tertiary alicyclic amines) is 1. The van der Waals surface area contributed by atoms with Crippen LogP contribution in [-0.4, -0.2) is 41.9 Å². The molecular weight excluding hydrogens is 332 g/mol. The summed E-state index contributed by atoms with van der Waals surface area (Å²) < 4.78 is 5.26. The zero-order valence-corrected chi connectivity index (χ0v) is 14.5. The van der Waals surface area contributed by atoms with Crippen molar-refractivity contribution in [2.75, 3.05) is 18.4 Å². The molecular formula is C17H21ClN2O4. The maximum atomic E-state index is 12.2. The van der Waals surface area contributed by atoms with Gasteiger partial charge in [0, 0.05) is 30.7 Å². The molecule has 130 valence electrons. The first-order valence-electron chi connectivity index (χ1n) is 7.89. The van der Waals surface area contributed by atoms with Crippen LogP contribution < -0.4 is 5.32 Å². The molecule has 0 aromatic heterocycles. The number of esters is 1. The summed E-state index contributed by atoms with van der Waals surface area (Å²) in [5, 5.41) is 3.23. The number of nitrogens with one attached hydrogen (secondary N) is 1. The molecule has 0 bridgehead atoms. The van der Waals surface area contributed by atoms with Crippen LogP contribution in [0.5, 0.6) is 0 Å². The normalized spacial score (nSPS) is 18.6. The summed E-state index contributed by atoms with van der Waals surface area (Å²) in [6.07, 6.45) is 0.500. The predicted octanol–water partition coefficient (Wildman–Crippen LogP) is 2.47. The van der Waals surface area contributed by atoms with Gasteiger partial charge in [-0.1, -0.05) is 11.6 Å². The molecule has 7 heteroatoms. The van der Waals surface area contributed by atoms with Crippen molar-refractivity contribution in [3.8, 4) is 0 Å². The number of hydrogen-bond donors (Lipinski definition) is 1. The first kappa shape index (κ1) is 18.3. The summed E-state index contributed by atoms with van der Waals surface area (Å²) in [6, 6.07) is 6.65. The van der Waals surface area contributed by atoms with Crippen LogP contribution in [0.4, 0.5) is 5.69 Å². The highest BCUT2D eigenvalue weighted by Crippen LogP contribution is 2.19. The number of hydrogen-bond acceptors (Lipinski definition) is 4. The molecule has 1 fully saturated rings. The number of rotatable bonds is 4. The lowest BCUT2D eigenvalue weighted by molar-refractivity contribution is -0.159. The summed E-state index contributed by atoms with van der Waals surface area (Å²) in [6.45, 7) is 4.01. The van der Waals surface area contributed by atoms with Gasteiger partial charge in [0.15, 0.2) is 6.10 Å². The largest absolute Gasteiger partial charge is 0.452 e. The maximum absolute atomic E-state index is 12.2. The Morgan fingerprint density at radius 1 is 1.29 bits per heavy atom. The average molecular weight is 353 g/mol. The second-order valence-corrected chi connectivity index (χ2v) is 6.32. The van der Waals surface area contributed by atoms with E-state index in [9.17, 15) is 14.4 Å². The Balaban J connectivity index is 1.87. The van der Waals surface area contributed by atoms with Gasteiger partial charge in [0.25, 0.3) is 5.91 Å². The molecule has 0 aliphatic carbocycles. The minimum atomic E-state index is -0.916. The number of ether oxygens (including phenoxy) is 1. The SMILES string of the molecule is CC(=O)N1CCC[C@H](C(=O)O[C@@H](C)C(=O)Nc2ccc(Cl)cc2)C1. The Kier molecular flexibility index (Phi) is 6.20. The minimum absolute atomic E-state index is 0.0546. The van der Waals surface area contributed by atoms with E-state index in [2.05, 4.69) is 5.32 Å². The first-order chi connectivity index (χ1) is 11.4. The van der Waals surface area contributed by atoms with Crippen molar-refractivity contribution >= 4 is 35.1 Å². The van der Waals surface area contributed by atoms with E-state index < -0.39 is 18.0 Å². The molecule has 2 atom stereocenters. The van der Waals surface area contributed by atoms with Gasteiger partial charge in [0.2, 0.25) is 5.91 Å². The smallest absolute Gasteiger partial charge is 0.311 e. The summed E-state index contributed by atoms with van der Waals surface area (Å²) in [5.41, 5.74) is 0.577. The minimum Gasteiger partial charge on any atom is -0.452 e. The Bertz CT molecular complexity index is 618. The third-order valence-corrected chi connectivity index (χ3v) is 4.23. The molecule has 1 aliphatic rings. The van der Waals surface area contributed by atoms with Gasteiger partial charge in [-0.05, 0) is 44.0 Å². The molecule has 1 aliphatic heterocycles. The van der Waals surface area contributed by atoms with E-state index in [1.807, 2.05) is 0 Å². The Morgan fingerprint density at radius 2 is 1.96 bits per heavy atom. The van der Waals surface area contributed by atoms with Crippen LogP contribution in [-0.2, 0) is 19.1 Å². The topological polar surface area (TPSA) is 75.7 Å². The van der Waals surface area contributed by atoms with Gasteiger partial charge in [-0.2, -0.15) is 0 Å². The third-order valence-electron chi connectivity index (χ3n) is 3.97. The lowest BCUT2D eigenvalue weighted by Gasteiger charge is -2.31. The Morgan fingerprint density at radius 3 is 2.58 bits per heavy atom. The van der Waals surface area contributed by atoms with Gasteiger partial charge in [-0.3, -0.25) is 14.4 Å². The second-order valence-electron chi connectivity index (χ2n) is 5.88. The Hall–Kier alpha value is -2.08. The zero-order chi connectivity index (χ0) is 17.7. The van der Waals surface area contributed by atoms with Gasteiger partial charge >= 0.3 is 5.97 Å². The fourth-order valence-corrected chi connectivity index (χ4v) is 2.68. The predicted molar refractivity (Wildman–Crippen MR) is 90.6 cm³/mol. The van der Waals surface area contributed by atoms with Crippen LogP contribution in [0.3, 0.4) is 0 Å². The van der Waals surface area contributed by atoms with Crippen LogP contribution >= 0.6 is 11.6 Å². The van der Waals surface area contributed by atoms with Gasteiger partial charge in [-0.15, -0.1) is 0 Å². The number of amides is 2. The molecule has 1 saturated heterocycles. The second kappa shape index (κ2) is 8.15. The van der Waals surface area contributed by atoms with E-state index in [-0.39, 0.29) is 11.8 Å². The number of piperidine rings is 1. The lowest BCUT2D eigenvalue weighted by Crippen LogP contribution is -2.43. The quantitative estimate of drug-likeness (QED) is 0.844. The molecule has 0 spiro atoms. The van der Waals surface area contributed by atoms with Crippen molar-refractivity contribution in [1.29, 1.82) is 0 Å². The van der Waals surface area contributed by atoms with Crippen molar-refractivity contribution in [2.24, 2.45) is 5.92 Å². The molecule has 0 unspecified atom stereocenters. The lowest BCUT2D eigenvalue weighted by atomic mass is 9.98. The number of benzene rings is 1. The highest BCUT2D eigenvalue weighted by Gasteiger charge is 2.30. The van der Waals surface area contributed by atoms with E-state index in [4.69, 9.17) is 16.3 Å². The molecule has 1 N–H and O–H groups in total. The molecule has 24 heavy (non-hydrogen) atoms. The fraction of sp³-hybridized carbons (Fsp3) is 0.471. The summed E-state index contributed by atoms with van der Waals surface area (Å²) in [4.78, 5) is 37.4. The van der Waals surface area contributed by atoms with Gasteiger partial charge in [-0.25, -0.2) is 0 Å². The fourth-order valence-electron chi connectivity index (χ4n) is 2.56. The van der Waals surface area contributed by atoms with Crippen LogP contribution in [0.1, 0.15) is 26.7 Å². The Labute approximate surface area is 146 Å². The van der Waals surface area contributed by atoms with Crippen molar-refractivity contribution in [2.45, 2.75) is 32.8 Å². The number of anilines is 1. The van der Waals surface area contributed by atoms with E-state index in [1.165, 1.54) is 13.8 Å². The maximum Gasteiger partial charge on any atom is 0.311 e. The number of nitrogens with zero attached hydrogens (tertiary/aromatic N) is 1. The molecule has 2 amide bonds. The average Bonchev–Trinajstić information content (AvgIpc) is 2.56. The van der Waals surface area contributed by atoms with E-state index >= 15 is 0 Å². The molecule has 0 saturated carbocycles. The molecule has 2 rings (SSSR count). The summed E-state index contributed by atoms with van der Waals surface area (Å²) >= 11 is 5.79. The molecule has 1 aromatic rings. The van der Waals surface area contributed by atoms with Crippen LogP contribution in [0, 0.1) is 5.92 Å². The monoisotopic (exact) mass is 352 g/mol. The van der Waals surface area contributed by atoms with Crippen LogP contribution in [0.25, 0.3) is 0 Å². The zero-order valence-electron chi connectivity index (χ0n) is 13.8. The molecule has 0 radical (unpaired) electrons. The van der Waals surface area contributed by atoms with Gasteiger partial charge in [0.05, 0.1) is 5.92 Å². The number of halogens is 1. The standard InChI is InChI=1S/C17H21ClN2O4/c1-11(16(22)19-15-7-5-14(18)6-8-15)24-17(23)13-4-3-9-20(10-13)12(2)21/h5-8,11,13H,3-4,9-10H2,1-2H3,(H,19,22)/t11-,13-/m0/s1. The van der Waals surface area contributed by atoms with E-state index in [0.29, 0.717) is 30.2 Å². The van der Waals surface area contributed by atoms with Crippen molar-refractivity contribution in [3.63, 3.8) is 0 Å². The van der Waals surface area contributed by atoms with Crippen LogP contribution in [0.2, 0.25) is 5.02 Å². The van der Waals surface area contributed by atoms with Gasteiger partial charge in [0.1, 0.15) is 0 Å². The van der Waals surface area contributed by atoms with Crippen molar-refractivity contribution < 1.29 is 19.1 Å². The first-order valence-corrected chi connectivity index (χ1v) is 8.27. The number of carbonyl (C=O) groups is 3. The summed E-state index contributed by atoms with van der Waals surface area (Å²) in [7, 11) is 0. The van der Waals surface area contributed by atoms with E-state index in [0.717, 1.165) is 6.42 Å². The van der Waals surface area contributed by atoms with E-state index in [1.54, 1.807) is 29.2 Å². The molecule has 1 heterocycles. The van der Waals surface area contributed by atoms with Crippen molar-refractivity contribution in [3.05, 3.63) is 29.3 Å². The number of carbonyl (C=O) groups excluding carboxylic acids is 3. The molecule has 1 aromatic carbocycles. The van der Waals surface area contributed by atoms with Crippen LogP contribution in [0.15, 0.2) is 24.3 Å². The molecule has 6 nitrogen and oxygen atoms in total. The third kappa shape index (κ3) is 4.96.